The van der Waals surface area contributed by atoms with E-state index in [2.05, 4.69) is 5.32 Å². The molecule has 0 saturated carbocycles. The fourth-order valence-corrected chi connectivity index (χ4v) is 4.39. The molecule has 2 amide bonds. The highest BCUT2D eigenvalue weighted by Crippen LogP contribution is 2.33. The van der Waals surface area contributed by atoms with Gasteiger partial charge in [0, 0.05) is 12.1 Å². The van der Waals surface area contributed by atoms with Crippen LogP contribution in [0.25, 0.3) is 16.8 Å². The van der Waals surface area contributed by atoms with Crippen LogP contribution in [0.4, 0.5) is 5.82 Å². The molecule has 0 atom stereocenters. The van der Waals surface area contributed by atoms with E-state index >= 15 is 0 Å². The van der Waals surface area contributed by atoms with Crippen LogP contribution in [0, 0.1) is 6.92 Å². The Labute approximate surface area is 221 Å². The fraction of sp³-hybridized carbons (Fsp3) is 0.207. The third kappa shape index (κ3) is 5.84. The average Bonchev–Trinajstić information content (AvgIpc) is 3.24. The van der Waals surface area contributed by atoms with Gasteiger partial charge in [0.15, 0.2) is 0 Å². The van der Waals surface area contributed by atoms with E-state index in [0.717, 1.165) is 28.3 Å². The summed E-state index contributed by atoms with van der Waals surface area (Å²) in [6.07, 6.45) is 0.696. The number of methoxy groups -OCH3 is 1. The number of benzene rings is 3. The molecule has 0 spiro atoms. The maximum Gasteiger partial charge on any atom is 0.255 e. The Hall–Kier alpha value is -4.10. The van der Waals surface area contributed by atoms with E-state index in [1.165, 1.54) is 4.90 Å². The lowest BCUT2D eigenvalue weighted by molar-refractivity contribution is -0.116. The van der Waals surface area contributed by atoms with Gasteiger partial charge in [-0.15, -0.1) is 0 Å². The quantitative estimate of drug-likeness (QED) is 0.296. The molecule has 0 aliphatic carbocycles. The maximum atomic E-state index is 13.4. The summed E-state index contributed by atoms with van der Waals surface area (Å²) in [5.74, 6) is 0.627. The van der Waals surface area contributed by atoms with Crippen LogP contribution in [-0.2, 0) is 4.79 Å². The van der Waals surface area contributed by atoms with E-state index in [-0.39, 0.29) is 18.4 Å². The molecule has 0 aliphatic heterocycles. The Morgan fingerprint density at radius 2 is 1.68 bits per heavy atom. The van der Waals surface area contributed by atoms with E-state index < -0.39 is 0 Å². The van der Waals surface area contributed by atoms with Gasteiger partial charge in [0.05, 0.1) is 29.1 Å². The number of hydrogen-bond acceptors (Lipinski definition) is 4. The van der Waals surface area contributed by atoms with E-state index in [0.29, 0.717) is 29.4 Å². The first kappa shape index (κ1) is 26.0. The van der Waals surface area contributed by atoms with Gasteiger partial charge in [-0.25, -0.2) is 4.68 Å². The third-order valence-electron chi connectivity index (χ3n) is 5.92. The Morgan fingerprint density at radius 3 is 2.32 bits per heavy atom. The average molecular weight is 517 g/mol. The maximum absolute atomic E-state index is 13.4. The first-order valence-corrected chi connectivity index (χ1v) is 12.4. The summed E-state index contributed by atoms with van der Waals surface area (Å²) in [6, 6.07) is 24.1. The van der Waals surface area contributed by atoms with Crippen molar-refractivity contribution in [1.29, 1.82) is 0 Å². The predicted molar refractivity (Wildman–Crippen MR) is 147 cm³/mol. The summed E-state index contributed by atoms with van der Waals surface area (Å²) in [4.78, 5) is 28.1. The van der Waals surface area contributed by atoms with Crippen molar-refractivity contribution in [2.24, 2.45) is 0 Å². The van der Waals surface area contributed by atoms with Crippen LogP contribution in [0.1, 0.15) is 29.4 Å². The van der Waals surface area contributed by atoms with Crippen molar-refractivity contribution in [3.8, 4) is 22.6 Å². The standard InChI is InChI=1S/C29H29ClN4O3/c1-4-18-33(29(36)24-12-8-9-13-25(24)30)19-26(35)31-28-27(21-10-6-5-7-11-21)20(2)32-34(28)22-14-16-23(37-3)17-15-22/h5-17H,4,18-19H2,1-3H3,(H,31,35). The Bertz CT molecular complexity index is 1380. The Kier molecular flexibility index (Phi) is 8.25. The molecule has 1 aromatic heterocycles. The van der Waals surface area contributed by atoms with Crippen molar-refractivity contribution < 1.29 is 14.3 Å². The van der Waals surface area contributed by atoms with Crippen LogP contribution >= 0.6 is 11.6 Å². The van der Waals surface area contributed by atoms with Crippen molar-refractivity contribution in [3.63, 3.8) is 0 Å². The number of ether oxygens (including phenoxy) is 1. The van der Waals surface area contributed by atoms with Crippen LogP contribution in [0.2, 0.25) is 5.02 Å². The van der Waals surface area contributed by atoms with Crippen LogP contribution in [0.5, 0.6) is 5.75 Å². The first-order valence-electron chi connectivity index (χ1n) is 12.1. The molecule has 37 heavy (non-hydrogen) atoms. The zero-order chi connectivity index (χ0) is 26.4. The van der Waals surface area contributed by atoms with Gasteiger partial charge < -0.3 is 15.0 Å². The third-order valence-corrected chi connectivity index (χ3v) is 6.25. The Balaban J connectivity index is 1.68. The SMILES string of the molecule is CCCN(CC(=O)Nc1c(-c2ccccc2)c(C)nn1-c1ccc(OC)cc1)C(=O)c1ccccc1Cl. The molecular weight excluding hydrogens is 488 g/mol. The number of nitrogens with zero attached hydrogens (tertiary/aromatic N) is 3. The van der Waals surface area contributed by atoms with Crippen LogP contribution < -0.4 is 10.1 Å². The lowest BCUT2D eigenvalue weighted by Gasteiger charge is -2.22. The van der Waals surface area contributed by atoms with E-state index in [4.69, 9.17) is 21.4 Å². The summed E-state index contributed by atoms with van der Waals surface area (Å²) in [5.41, 5.74) is 3.63. The second-order valence-corrected chi connectivity index (χ2v) is 8.95. The monoisotopic (exact) mass is 516 g/mol. The van der Waals surface area contributed by atoms with Gasteiger partial charge in [0.25, 0.3) is 5.91 Å². The number of amides is 2. The molecule has 1 N–H and O–H groups in total. The summed E-state index contributed by atoms with van der Waals surface area (Å²) in [7, 11) is 1.61. The zero-order valence-electron chi connectivity index (χ0n) is 21.1. The predicted octanol–water partition coefficient (Wildman–Crippen LogP) is 6.00. The molecule has 0 saturated heterocycles. The van der Waals surface area contributed by atoms with Gasteiger partial charge in [0.1, 0.15) is 18.1 Å². The summed E-state index contributed by atoms with van der Waals surface area (Å²) < 4.78 is 6.99. The van der Waals surface area contributed by atoms with Gasteiger partial charge >= 0.3 is 0 Å². The zero-order valence-corrected chi connectivity index (χ0v) is 21.8. The number of rotatable bonds is 9. The number of halogens is 1. The molecule has 4 rings (SSSR count). The number of carbonyl (C=O) groups is 2. The molecular formula is C29H29ClN4O3. The molecule has 3 aromatic carbocycles. The minimum absolute atomic E-state index is 0.126. The molecule has 0 radical (unpaired) electrons. The van der Waals surface area contributed by atoms with Gasteiger partial charge in [-0.1, -0.05) is 61.0 Å². The number of carbonyl (C=O) groups excluding carboxylic acids is 2. The largest absolute Gasteiger partial charge is 0.497 e. The van der Waals surface area contributed by atoms with Crippen molar-refractivity contribution in [3.05, 3.63) is 95.1 Å². The van der Waals surface area contributed by atoms with Gasteiger partial charge in [-0.3, -0.25) is 9.59 Å². The molecule has 8 heteroatoms. The van der Waals surface area contributed by atoms with Crippen LogP contribution in [0.15, 0.2) is 78.9 Å². The number of anilines is 1. The van der Waals surface area contributed by atoms with Gasteiger partial charge in [0.2, 0.25) is 5.91 Å². The first-order chi connectivity index (χ1) is 17.9. The molecule has 0 bridgehead atoms. The summed E-state index contributed by atoms with van der Waals surface area (Å²) in [6.45, 7) is 4.15. The second kappa shape index (κ2) is 11.8. The lowest BCUT2D eigenvalue weighted by Crippen LogP contribution is -2.39. The highest BCUT2D eigenvalue weighted by atomic mass is 35.5. The highest BCUT2D eigenvalue weighted by Gasteiger charge is 2.24. The highest BCUT2D eigenvalue weighted by molar-refractivity contribution is 6.33. The van der Waals surface area contributed by atoms with Crippen molar-refractivity contribution >= 4 is 29.2 Å². The van der Waals surface area contributed by atoms with Crippen molar-refractivity contribution in [2.45, 2.75) is 20.3 Å². The van der Waals surface area contributed by atoms with Crippen LogP contribution in [0.3, 0.4) is 0 Å². The summed E-state index contributed by atoms with van der Waals surface area (Å²) >= 11 is 6.26. The molecule has 4 aromatic rings. The van der Waals surface area contributed by atoms with E-state index in [1.54, 1.807) is 36.1 Å². The number of aryl methyl sites for hydroxylation is 1. The molecule has 190 valence electrons. The Morgan fingerprint density at radius 1 is 1.00 bits per heavy atom. The van der Waals surface area contributed by atoms with E-state index in [1.807, 2.05) is 68.4 Å². The smallest absolute Gasteiger partial charge is 0.255 e. The van der Waals surface area contributed by atoms with Gasteiger partial charge in [-0.05, 0) is 55.3 Å². The second-order valence-electron chi connectivity index (χ2n) is 8.54. The molecule has 0 aliphatic rings. The minimum Gasteiger partial charge on any atom is -0.497 e. The summed E-state index contributed by atoms with van der Waals surface area (Å²) in [5, 5.41) is 8.13. The topological polar surface area (TPSA) is 76.5 Å². The molecule has 1 heterocycles. The minimum atomic E-state index is -0.333. The van der Waals surface area contributed by atoms with Crippen LogP contribution in [-0.4, -0.2) is 46.7 Å². The van der Waals surface area contributed by atoms with Gasteiger partial charge in [-0.2, -0.15) is 5.10 Å². The van der Waals surface area contributed by atoms with Crippen molar-refractivity contribution in [2.75, 3.05) is 25.5 Å². The lowest BCUT2D eigenvalue weighted by atomic mass is 10.1. The molecule has 7 nitrogen and oxygen atoms in total. The normalized spacial score (nSPS) is 10.7. The molecule has 0 fully saturated rings. The number of aromatic nitrogens is 2. The number of hydrogen-bond donors (Lipinski definition) is 1. The van der Waals surface area contributed by atoms with E-state index in [9.17, 15) is 9.59 Å². The van der Waals surface area contributed by atoms with Crippen molar-refractivity contribution in [1.82, 2.24) is 14.7 Å². The fourth-order valence-electron chi connectivity index (χ4n) is 4.18. The number of nitrogens with one attached hydrogen (secondary N) is 1. The molecule has 0 unspecified atom stereocenters.